The zero-order valence-corrected chi connectivity index (χ0v) is 11.8. The maximum Gasteiger partial charge on any atom is 0.103 e. The second-order valence-electron chi connectivity index (χ2n) is 5.84. The lowest BCUT2D eigenvalue weighted by atomic mass is 9.91. The Labute approximate surface area is 123 Å². The smallest absolute Gasteiger partial charge is 0.103 e. The van der Waals surface area contributed by atoms with Crippen LogP contribution in [0.3, 0.4) is 0 Å². The first-order valence-corrected chi connectivity index (χ1v) is 7.34. The molecule has 2 unspecified atom stereocenters. The summed E-state index contributed by atoms with van der Waals surface area (Å²) in [7, 11) is 2.12. The number of hydrogen-bond donors (Lipinski definition) is 0. The van der Waals surface area contributed by atoms with Crippen LogP contribution in [-0.2, 0) is 11.8 Å². The molecule has 0 aliphatic carbocycles. The first-order valence-electron chi connectivity index (χ1n) is 7.34. The third kappa shape index (κ3) is 1.40. The Hall–Kier alpha value is -2.32. The molecule has 3 aromatic rings. The molecule has 0 amide bonds. The molecule has 2 aliphatic heterocycles. The van der Waals surface area contributed by atoms with Gasteiger partial charge in [0.15, 0.2) is 0 Å². The number of nitrogens with zero attached hydrogens (tertiary/aromatic N) is 1. The minimum absolute atomic E-state index is 0.124. The zero-order chi connectivity index (χ0) is 14.0. The lowest BCUT2D eigenvalue weighted by Crippen LogP contribution is -1.95. The number of aryl methyl sites for hydroxylation is 1. The van der Waals surface area contributed by atoms with Gasteiger partial charge >= 0.3 is 0 Å². The molecule has 2 aliphatic rings. The van der Waals surface area contributed by atoms with Crippen molar-refractivity contribution in [1.29, 1.82) is 0 Å². The maximum absolute atomic E-state index is 6.03. The van der Waals surface area contributed by atoms with Gasteiger partial charge in [-0.15, -0.1) is 0 Å². The summed E-state index contributed by atoms with van der Waals surface area (Å²) in [5.74, 6) is 0. The molecular formula is C19H15NO. The lowest BCUT2D eigenvalue weighted by Gasteiger charge is -2.11. The number of rotatable bonds is 1. The van der Waals surface area contributed by atoms with Crippen molar-refractivity contribution < 1.29 is 4.74 Å². The average Bonchev–Trinajstić information content (AvgIpc) is 3.21. The fraction of sp³-hybridized carbons (Fsp3) is 0.158. The maximum atomic E-state index is 6.03. The molecule has 21 heavy (non-hydrogen) atoms. The number of fused-ring (bicyclic) bond motifs is 7. The second kappa shape index (κ2) is 3.86. The normalized spacial score (nSPS) is 22.1. The van der Waals surface area contributed by atoms with Crippen molar-refractivity contribution in [1.82, 2.24) is 4.57 Å². The standard InChI is InChI=1S/C19H15NO/c1-20-11-14(12-5-3-2-4-6-12)18-15(20)8-7-13-16-9-10-17(21-16)19(13)18/h2-11,16-17H,1H3. The van der Waals surface area contributed by atoms with E-state index in [1.165, 1.54) is 33.2 Å². The highest BCUT2D eigenvalue weighted by molar-refractivity contribution is 6.00. The van der Waals surface area contributed by atoms with Crippen molar-refractivity contribution in [2.24, 2.45) is 7.05 Å². The predicted octanol–water partition coefficient (Wildman–Crippen LogP) is 4.53. The van der Waals surface area contributed by atoms with E-state index in [1.54, 1.807) is 0 Å². The van der Waals surface area contributed by atoms with Gasteiger partial charge in [0.25, 0.3) is 0 Å². The van der Waals surface area contributed by atoms with E-state index in [0.717, 1.165) is 0 Å². The van der Waals surface area contributed by atoms with Crippen molar-refractivity contribution in [2.45, 2.75) is 12.2 Å². The molecule has 2 bridgehead atoms. The van der Waals surface area contributed by atoms with Crippen LogP contribution < -0.4 is 0 Å². The van der Waals surface area contributed by atoms with Crippen LogP contribution in [-0.4, -0.2) is 4.57 Å². The number of benzene rings is 2. The van der Waals surface area contributed by atoms with Gasteiger partial charge in [-0.1, -0.05) is 48.6 Å². The van der Waals surface area contributed by atoms with E-state index < -0.39 is 0 Å². The summed E-state index contributed by atoms with van der Waals surface area (Å²) < 4.78 is 8.25. The molecule has 2 aromatic carbocycles. The van der Waals surface area contributed by atoms with Crippen molar-refractivity contribution >= 4 is 10.9 Å². The van der Waals surface area contributed by atoms with Crippen LogP contribution in [0.2, 0.25) is 0 Å². The summed E-state index contributed by atoms with van der Waals surface area (Å²) in [4.78, 5) is 0. The first kappa shape index (κ1) is 11.4. The molecule has 2 heteroatoms. The van der Waals surface area contributed by atoms with E-state index in [4.69, 9.17) is 4.74 Å². The Bertz CT molecular complexity index is 889. The molecule has 102 valence electrons. The summed E-state index contributed by atoms with van der Waals surface area (Å²) >= 11 is 0. The monoisotopic (exact) mass is 273 g/mol. The van der Waals surface area contributed by atoms with Crippen molar-refractivity contribution in [3.63, 3.8) is 0 Å². The van der Waals surface area contributed by atoms with E-state index >= 15 is 0 Å². The van der Waals surface area contributed by atoms with Crippen LogP contribution >= 0.6 is 0 Å². The Kier molecular flexibility index (Phi) is 2.09. The minimum Gasteiger partial charge on any atom is -0.357 e. The topological polar surface area (TPSA) is 14.2 Å². The van der Waals surface area contributed by atoms with Gasteiger partial charge in [-0.05, 0) is 17.2 Å². The van der Waals surface area contributed by atoms with Gasteiger partial charge in [-0.3, -0.25) is 0 Å². The molecule has 2 nitrogen and oxygen atoms in total. The molecule has 0 N–H and O–H groups in total. The minimum atomic E-state index is 0.124. The Morgan fingerprint density at radius 2 is 1.76 bits per heavy atom. The van der Waals surface area contributed by atoms with Gasteiger partial charge in [0, 0.05) is 35.3 Å². The summed E-state index contributed by atoms with van der Waals surface area (Å²) in [5.41, 5.74) is 6.53. The Morgan fingerprint density at radius 1 is 0.952 bits per heavy atom. The van der Waals surface area contributed by atoms with E-state index in [9.17, 15) is 0 Å². The second-order valence-corrected chi connectivity index (χ2v) is 5.84. The number of ether oxygens (including phenoxy) is 1. The molecule has 3 heterocycles. The third-order valence-corrected chi connectivity index (χ3v) is 4.66. The van der Waals surface area contributed by atoms with Crippen LogP contribution in [0.1, 0.15) is 23.3 Å². The molecule has 1 aromatic heterocycles. The van der Waals surface area contributed by atoms with Crippen LogP contribution in [0.25, 0.3) is 22.0 Å². The summed E-state index contributed by atoms with van der Waals surface area (Å²) in [6.07, 6.45) is 6.87. The van der Waals surface area contributed by atoms with Gasteiger partial charge in [0.2, 0.25) is 0 Å². The van der Waals surface area contributed by atoms with Gasteiger partial charge in [0.1, 0.15) is 12.2 Å². The Morgan fingerprint density at radius 3 is 2.62 bits per heavy atom. The summed E-state index contributed by atoms with van der Waals surface area (Å²) in [6, 6.07) is 15.1. The van der Waals surface area contributed by atoms with Gasteiger partial charge in [0.05, 0.1) is 0 Å². The van der Waals surface area contributed by atoms with E-state index in [-0.39, 0.29) is 12.2 Å². The predicted molar refractivity (Wildman–Crippen MR) is 84.1 cm³/mol. The van der Waals surface area contributed by atoms with E-state index in [0.29, 0.717) is 0 Å². The molecule has 0 saturated heterocycles. The van der Waals surface area contributed by atoms with Crippen molar-refractivity contribution in [3.05, 3.63) is 71.9 Å². The van der Waals surface area contributed by atoms with Gasteiger partial charge in [-0.2, -0.15) is 0 Å². The SMILES string of the molecule is Cn1cc(-c2ccccc2)c2c3c(ccc21)C1C=CC3O1. The highest BCUT2D eigenvalue weighted by Crippen LogP contribution is 2.50. The number of aromatic nitrogens is 1. The molecule has 0 saturated carbocycles. The van der Waals surface area contributed by atoms with E-state index in [1.807, 2.05) is 0 Å². The van der Waals surface area contributed by atoms with Crippen LogP contribution in [0.4, 0.5) is 0 Å². The highest BCUT2D eigenvalue weighted by atomic mass is 16.5. The molecule has 0 fully saturated rings. The quantitative estimate of drug-likeness (QED) is 0.594. The first-order chi connectivity index (χ1) is 10.3. The summed E-state index contributed by atoms with van der Waals surface area (Å²) in [6.45, 7) is 0. The summed E-state index contributed by atoms with van der Waals surface area (Å²) in [5, 5.41) is 1.35. The molecule has 0 spiro atoms. The lowest BCUT2D eigenvalue weighted by molar-refractivity contribution is 0.0883. The number of hydrogen-bond acceptors (Lipinski definition) is 1. The fourth-order valence-corrected chi connectivity index (χ4v) is 3.71. The zero-order valence-electron chi connectivity index (χ0n) is 11.8. The van der Waals surface area contributed by atoms with Crippen molar-refractivity contribution in [3.8, 4) is 11.1 Å². The van der Waals surface area contributed by atoms with Crippen molar-refractivity contribution in [2.75, 3.05) is 0 Å². The molecule has 2 atom stereocenters. The highest BCUT2D eigenvalue weighted by Gasteiger charge is 2.36. The fourth-order valence-electron chi connectivity index (χ4n) is 3.71. The molecule has 0 radical (unpaired) electrons. The van der Waals surface area contributed by atoms with Crippen LogP contribution in [0.15, 0.2) is 60.8 Å². The van der Waals surface area contributed by atoms with Gasteiger partial charge < -0.3 is 9.30 Å². The largest absolute Gasteiger partial charge is 0.357 e. The molecular weight excluding hydrogens is 258 g/mol. The van der Waals surface area contributed by atoms with Gasteiger partial charge in [-0.25, -0.2) is 0 Å². The average molecular weight is 273 g/mol. The van der Waals surface area contributed by atoms with Crippen LogP contribution in [0, 0.1) is 0 Å². The Balaban J connectivity index is 1.89. The van der Waals surface area contributed by atoms with E-state index in [2.05, 4.69) is 72.4 Å². The third-order valence-electron chi connectivity index (χ3n) is 4.66. The molecule has 5 rings (SSSR count). The van der Waals surface area contributed by atoms with Crippen LogP contribution in [0.5, 0.6) is 0 Å².